The summed E-state index contributed by atoms with van der Waals surface area (Å²) in [5.74, 6) is 2.08. The summed E-state index contributed by atoms with van der Waals surface area (Å²) in [6.07, 6.45) is 2.85. The standard InChI is InChI=1S/C13H21NO/c1-10(2)7-12-5-6-13(8-14-12)15-9-11(3)4/h5-6,8,10-11H,7,9H2,1-4H3. The first-order chi connectivity index (χ1) is 7.08. The third-order valence-corrected chi connectivity index (χ3v) is 2.00. The van der Waals surface area contributed by atoms with Gasteiger partial charge in [-0.3, -0.25) is 4.98 Å². The lowest BCUT2D eigenvalue weighted by Gasteiger charge is -2.09. The molecule has 0 bridgehead atoms. The van der Waals surface area contributed by atoms with Gasteiger partial charge >= 0.3 is 0 Å². The van der Waals surface area contributed by atoms with Gasteiger partial charge in [0, 0.05) is 5.69 Å². The zero-order valence-corrected chi connectivity index (χ0v) is 10.2. The fraction of sp³-hybridized carbons (Fsp3) is 0.615. The SMILES string of the molecule is CC(C)COc1ccc(CC(C)C)nc1. The van der Waals surface area contributed by atoms with Crippen molar-refractivity contribution < 1.29 is 4.74 Å². The Morgan fingerprint density at radius 1 is 1.13 bits per heavy atom. The van der Waals surface area contributed by atoms with Gasteiger partial charge in [-0.05, 0) is 30.4 Å². The van der Waals surface area contributed by atoms with Gasteiger partial charge in [0.05, 0.1) is 12.8 Å². The first-order valence-electron chi connectivity index (χ1n) is 5.65. The van der Waals surface area contributed by atoms with Crippen LogP contribution >= 0.6 is 0 Å². The van der Waals surface area contributed by atoms with Gasteiger partial charge in [-0.15, -0.1) is 0 Å². The van der Waals surface area contributed by atoms with Crippen molar-refractivity contribution in [3.8, 4) is 5.75 Å². The summed E-state index contributed by atoms with van der Waals surface area (Å²) in [5, 5.41) is 0. The molecule has 0 aliphatic carbocycles. The van der Waals surface area contributed by atoms with E-state index in [1.807, 2.05) is 12.3 Å². The molecule has 0 N–H and O–H groups in total. The second-order valence-electron chi connectivity index (χ2n) is 4.79. The predicted octanol–water partition coefficient (Wildman–Crippen LogP) is 3.31. The normalized spacial score (nSPS) is 11.1. The second-order valence-corrected chi connectivity index (χ2v) is 4.79. The van der Waals surface area contributed by atoms with Crippen LogP contribution in [0.25, 0.3) is 0 Å². The largest absolute Gasteiger partial charge is 0.492 e. The van der Waals surface area contributed by atoms with Crippen molar-refractivity contribution in [1.82, 2.24) is 4.98 Å². The Bertz CT molecular complexity index is 277. The van der Waals surface area contributed by atoms with E-state index in [4.69, 9.17) is 4.74 Å². The molecule has 1 aromatic rings. The molecule has 0 spiro atoms. The molecular weight excluding hydrogens is 186 g/mol. The molecule has 0 atom stereocenters. The molecule has 15 heavy (non-hydrogen) atoms. The van der Waals surface area contributed by atoms with E-state index in [0.29, 0.717) is 11.8 Å². The second kappa shape index (κ2) is 5.74. The van der Waals surface area contributed by atoms with E-state index in [0.717, 1.165) is 24.5 Å². The molecule has 0 saturated heterocycles. The lowest BCUT2D eigenvalue weighted by atomic mass is 10.1. The van der Waals surface area contributed by atoms with Gasteiger partial charge in [0.15, 0.2) is 0 Å². The van der Waals surface area contributed by atoms with Gasteiger partial charge in [0.2, 0.25) is 0 Å². The fourth-order valence-corrected chi connectivity index (χ4v) is 1.30. The first kappa shape index (κ1) is 12.0. The third-order valence-electron chi connectivity index (χ3n) is 2.00. The highest BCUT2D eigenvalue weighted by atomic mass is 16.5. The Hall–Kier alpha value is -1.05. The quantitative estimate of drug-likeness (QED) is 0.739. The van der Waals surface area contributed by atoms with E-state index in [9.17, 15) is 0 Å². The fourth-order valence-electron chi connectivity index (χ4n) is 1.30. The van der Waals surface area contributed by atoms with Gasteiger partial charge in [-0.25, -0.2) is 0 Å². The molecule has 0 fully saturated rings. The summed E-state index contributed by atoms with van der Waals surface area (Å²) >= 11 is 0. The molecule has 84 valence electrons. The number of hydrogen-bond acceptors (Lipinski definition) is 2. The molecule has 1 aromatic heterocycles. The molecule has 0 aromatic carbocycles. The van der Waals surface area contributed by atoms with Crippen LogP contribution in [0.5, 0.6) is 5.75 Å². The van der Waals surface area contributed by atoms with Crippen molar-refractivity contribution in [1.29, 1.82) is 0 Å². The van der Waals surface area contributed by atoms with Crippen LogP contribution in [0.15, 0.2) is 18.3 Å². The third kappa shape index (κ3) is 4.82. The van der Waals surface area contributed by atoms with E-state index in [2.05, 4.69) is 38.7 Å². The zero-order valence-electron chi connectivity index (χ0n) is 10.2. The summed E-state index contributed by atoms with van der Waals surface area (Å²) in [6, 6.07) is 4.06. The van der Waals surface area contributed by atoms with Crippen LogP contribution in [0.3, 0.4) is 0 Å². The number of ether oxygens (including phenoxy) is 1. The van der Waals surface area contributed by atoms with Gasteiger partial charge in [-0.2, -0.15) is 0 Å². The number of pyridine rings is 1. The van der Waals surface area contributed by atoms with Crippen molar-refractivity contribution in [3.63, 3.8) is 0 Å². The number of hydrogen-bond donors (Lipinski definition) is 0. The molecule has 0 radical (unpaired) electrons. The molecule has 0 saturated carbocycles. The number of nitrogens with zero attached hydrogens (tertiary/aromatic N) is 1. The van der Waals surface area contributed by atoms with E-state index >= 15 is 0 Å². The molecule has 1 heterocycles. The molecule has 2 nitrogen and oxygen atoms in total. The summed E-state index contributed by atoms with van der Waals surface area (Å²) in [5.41, 5.74) is 1.14. The highest BCUT2D eigenvalue weighted by molar-refractivity contribution is 5.20. The molecule has 1 rings (SSSR count). The summed E-state index contributed by atoms with van der Waals surface area (Å²) in [4.78, 5) is 4.37. The van der Waals surface area contributed by atoms with Crippen LogP contribution in [0.2, 0.25) is 0 Å². The van der Waals surface area contributed by atoms with Crippen molar-refractivity contribution in [2.24, 2.45) is 11.8 Å². The van der Waals surface area contributed by atoms with E-state index < -0.39 is 0 Å². The number of aromatic nitrogens is 1. The van der Waals surface area contributed by atoms with E-state index in [-0.39, 0.29) is 0 Å². The van der Waals surface area contributed by atoms with Gasteiger partial charge in [-0.1, -0.05) is 27.7 Å². The highest BCUT2D eigenvalue weighted by Gasteiger charge is 2.01. The van der Waals surface area contributed by atoms with Crippen molar-refractivity contribution >= 4 is 0 Å². The van der Waals surface area contributed by atoms with Gasteiger partial charge in [0.25, 0.3) is 0 Å². The average Bonchev–Trinajstić information content (AvgIpc) is 2.16. The molecule has 0 aliphatic heterocycles. The Kier molecular flexibility index (Phi) is 4.60. The Morgan fingerprint density at radius 2 is 1.87 bits per heavy atom. The minimum atomic E-state index is 0.556. The molecule has 0 amide bonds. The zero-order chi connectivity index (χ0) is 11.3. The lowest BCUT2D eigenvalue weighted by molar-refractivity contribution is 0.270. The van der Waals surface area contributed by atoms with Crippen molar-refractivity contribution in [2.45, 2.75) is 34.1 Å². The van der Waals surface area contributed by atoms with Crippen LogP contribution in [0.1, 0.15) is 33.4 Å². The van der Waals surface area contributed by atoms with Gasteiger partial charge in [0.1, 0.15) is 5.75 Å². The maximum Gasteiger partial charge on any atom is 0.137 e. The first-order valence-corrected chi connectivity index (χ1v) is 5.65. The topological polar surface area (TPSA) is 22.1 Å². The minimum Gasteiger partial charge on any atom is -0.492 e. The van der Waals surface area contributed by atoms with Crippen LogP contribution < -0.4 is 4.74 Å². The molecular formula is C13H21NO. The van der Waals surface area contributed by atoms with Crippen LogP contribution in [-0.4, -0.2) is 11.6 Å². The number of rotatable bonds is 5. The smallest absolute Gasteiger partial charge is 0.137 e. The minimum absolute atomic E-state index is 0.556. The molecule has 2 heteroatoms. The van der Waals surface area contributed by atoms with Crippen molar-refractivity contribution in [2.75, 3.05) is 6.61 Å². The molecule has 0 unspecified atom stereocenters. The summed E-state index contributed by atoms with van der Waals surface area (Å²) in [6.45, 7) is 9.43. The van der Waals surface area contributed by atoms with Crippen LogP contribution in [0.4, 0.5) is 0 Å². The Morgan fingerprint density at radius 3 is 2.33 bits per heavy atom. The van der Waals surface area contributed by atoms with E-state index in [1.165, 1.54) is 0 Å². The molecule has 0 aliphatic rings. The predicted molar refractivity (Wildman–Crippen MR) is 63.1 cm³/mol. The van der Waals surface area contributed by atoms with Crippen molar-refractivity contribution in [3.05, 3.63) is 24.0 Å². The highest BCUT2D eigenvalue weighted by Crippen LogP contribution is 2.12. The lowest BCUT2D eigenvalue weighted by Crippen LogP contribution is -2.05. The monoisotopic (exact) mass is 207 g/mol. The Balaban J connectivity index is 2.49. The summed E-state index contributed by atoms with van der Waals surface area (Å²) in [7, 11) is 0. The summed E-state index contributed by atoms with van der Waals surface area (Å²) < 4.78 is 5.56. The van der Waals surface area contributed by atoms with Crippen LogP contribution in [0, 0.1) is 11.8 Å². The Labute approximate surface area is 92.7 Å². The van der Waals surface area contributed by atoms with Gasteiger partial charge < -0.3 is 4.74 Å². The maximum atomic E-state index is 5.56. The average molecular weight is 207 g/mol. The van der Waals surface area contributed by atoms with E-state index in [1.54, 1.807) is 0 Å². The van der Waals surface area contributed by atoms with Crippen LogP contribution in [-0.2, 0) is 6.42 Å². The maximum absolute atomic E-state index is 5.56.